The largest absolute Gasteiger partial charge is 0.481 e. The Balaban J connectivity index is 1.19. The SMILES string of the molecule is CC1(C)C[C@H](O[C@H]2O[C@H](C(=O)O)[C@H](O)[C@@H](O)[C@@H]2O[C@@H]2O[C@@H](C(=O)O)[C@H](O)[C@@H](O)[C@@H]2O)C[C@@]2(C)[C@@H]1CC[C@]1(C)[C@H]2CC=C2[C@@H]3C[C@](C)(C(=O)O)CC[C@]3(C)CC[C@]21C. The maximum Gasteiger partial charge on any atom is 0.335 e. The van der Waals surface area contributed by atoms with E-state index in [2.05, 4.69) is 47.6 Å². The van der Waals surface area contributed by atoms with Gasteiger partial charge in [-0.15, -0.1) is 0 Å². The molecule has 0 spiro atoms. The molecule has 57 heavy (non-hydrogen) atoms. The second kappa shape index (κ2) is 14.2. The number of aliphatic carboxylic acids is 3. The Morgan fingerprint density at radius 2 is 1.26 bits per heavy atom. The zero-order valence-electron chi connectivity index (χ0n) is 34.2. The first-order valence-electron chi connectivity index (χ1n) is 20.8. The lowest BCUT2D eigenvalue weighted by atomic mass is 9.33. The fraction of sp³-hybridized carbons (Fsp3) is 0.881. The average molecular weight is 809 g/mol. The minimum atomic E-state index is -2.01. The van der Waals surface area contributed by atoms with E-state index in [4.69, 9.17) is 18.9 Å². The standard InChI is InChI=1S/C42H64O15/c1-37(2)16-19(54-35-31(27(46)26(45)30(56-35)33(50)51)57-34-28(47)24(43)25(44)29(55-34)32(48)49)17-40(5)22(37)10-11-42(7)23(40)9-8-20-21-18-39(4,36(52)53)13-12-38(21,3)14-15-41(20,42)6/h8,19,21-31,34-35,43-47H,9-18H2,1-7H3,(H,48,49)(H,50,51)(H,52,53)/t19-,21-,22+,23-,24+,25+,26+,27+,28-,29+,30-,31-,34-,35-,38+,39+,40-,41+,42+/m0/s1. The van der Waals surface area contributed by atoms with E-state index in [1.165, 1.54) is 5.57 Å². The van der Waals surface area contributed by atoms with Gasteiger partial charge in [0.25, 0.3) is 0 Å². The van der Waals surface area contributed by atoms with Crippen molar-refractivity contribution in [2.24, 2.45) is 50.2 Å². The number of hydrogen-bond donors (Lipinski definition) is 8. The Kier molecular flexibility index (Phi) is 10.7. The van der Waals surface area contributed by atoms with E-state index in [9.17, 15) is 55.2 Å². The van der Waals surface area contributed by atoms with Crippen LogP contribution < -0.4 is 0 Å². The van der Waals surface area contributed by atoms with Crippen LogP contribution in [0.4, 0.5) is 0 Å². The smallest absolute Gasteiger partial charge is 0.335 e. The molecule has 6 fully saturated rings. The van der Waals surface area contributed by atoms with Crippen molar-refractivity contribution in [3.8, 4) is 0 Å². The van der Waals surface area contributed by atoms with Gasteiger partial charge in [-0.1, -0.05) is 53.2 Å². The van der Waals surface area contributed by atoms with Gasteiger partial charge in [-0.2, -0.15) is 0 Å². The highest BCUT2D eigenvalue weighted by Gasteiger charge is 2.68. The van der Waals surface area contributed by atoms with E-state index in [0.29, 0.717) is 31.6 Å². The number of allylic oxidation sites excluding steroid dienone is 2. The third-order valence-electron chi connectivity index (χ3n) is 17.2. The molecule has 7 rings (SSSR count). The molecule has 0 amide bonds. The van der Waals surface area contributed by atoms with E-state index in [-0.39, 0.29) is 38.9 Å². The predicted molar refractivity (Wildman–Crippen MR) is 199 cm³/mol. The molecule has 0 aromatic carbocycles. The fourth-order valence-electron chi connectivity index (χ4n) is 13.7. The molecule has 5 aliphatic carbocycles. The van der Waals surface area contributed by atoms with E-state index in [1.807, 2.05) is 6.92 Å². The van der Waals surface area contributed by atoms with E-state index < -0.39 is 90.8 Å². The molecule has 0 radical (unpaired) electrons. The van der Waals surface area contributed by atoms with Gasteiger partial charge in [0.1, 0.15) is 36.6 Å². The maximum absolute atomic E-state index is 12.5. The van der Waals surface area contributed by atoms with Crippen molar-refractivity contribution in [2.45, 2.75) is 180 Å². The van der Waals surface area contributed by atoms with Crippen molar-refractivity contribution in [1.82, 2.24) is 0 Å². The van der Waals surface area contributed by atoms with Gasteiger partial charge < -0.3 is 59.8 Å². The first-order chi connectivity index (χ1) is 26.3. The molecule has 322 valence electrons. The van der Waals surface area contributed by atoms with Crippen LogP contribution in [0.5, 0.6) is 0 Å². The number of aliphatic hydroxyl groups excluding tert-OH is 5. The highest BCUT2D eigenvalue weighted by atomic mass is 16.8. The molecule has 0 aromatic rings. The number of carboxylic acids is 3. The molecule has 2 saturated heterocycles. The molecule has 0 aromatic heterocycles. The van der Waals surface area contributed by atoms with Crippen LogP contribution in [0, 0.1) is 50.2 Å². The van der Waals surface area contributed by atoms with Gasteiger partial charge in [0.05, 0.1) is 11.5 Å². The van der Waals surface area contributed by atoms with Gasteiger partial charge in [-0.25, -0.2) is 9.59 Å². The summed E-state index contributed by atoms with van der Waals surface area (Å²) in [4.78, 5) is 36.6. The molecule has 0 bridgehead atoms. The van der Waals surface area contributed by atoms with E-state index >= 15 is 0 Å². The summed E-state index contributed by atoms with van der Waals surface area (Å²) in [6.07, 6.45) is -9.13. The summed E-state index contributed by atoms with van der Waals surface area (Å²) in [6, 6.07) is 0. The molecule has 0 unspecified atom stereocenters. The minimum Gasteiger partial charge on any atom is -0.481 e. The Bertz CT molecular complexity index is 1650. The number of fused-ring (bicyclic) bond motifs is 7. The second-order valence-electron chi connectivity index (χ2n) is 20.8. The van der Waals surface area contributed by atoms with Gasteiger partial charge in [-0.05, 0) is 116 Å². The number of hydrogen-bond acceptors (Lipinski definition) is 12. The third kappa shape index (κ3) is 6.52. The molecular weight excluding hydrogens is 744 g/mol. The number of carbonyl (C=O) groups is 3. The summed E-state index contributed by atoms with van der Waals surface area (Å²) < 4.78 is 23.6. The molecule has 7 aliphatic rings. The lowest BCUT2D eigenvalue weighted by Gasteiger charge is -2.71. The summed E-state index contributed by atoms with van der Waals surface area (Å²) in [5.41, 5.74) is -0.142. The van der Waals surface area contributed by atoms with Crippen LogP contribution in [-0.2, 0) is 33.3 Å². The molecule has 15 heteroatoms. The van der Waals surface area contributed by atoms with Crippen molar-refractivity contribution in [1.29, 1.82) is 0 Å². The summed E-state index contributed by atoms with van der Waals surface area (Å²) in [5, 5.41) is 83.3. The van der Waals surface area contributed by atoms with Crippen LogP contribution in [0.2, 0.25) is 0 Å². The average Bonchev–Trinajstić information content (AvgIpc) is 3.11. The topological polar surface area (TPSA) is 250 Å². The fourth-order valence-corrected chi connectivity index (χ4v) is 13.7. The highest BCUT2D eigenvalue weighted by molar-refractivity contribution is 5.75. The molecule has 19 atom stereocenters. The van der Waals surface area contributed by atoms with Gasteiger partial charge in [0, 0.05) is 0 Å². The third-order valence-corrected chi connectivity index (χ3v) is 17.2. The Morgan fingerprint density at radius 1 is 0.667 bits per heavy atom. The normalized spacial score (nSPS) is 53.2. The molecule has 2 heterocycles. The van der Waals surface area contributed by atoms with Crippen LogP contribution in [0.15, 0.2) is 11.6 Å². The second-order valence-corrected chi connectivity index (χ2v) is 20.8. The maximum atomic E-state index is 12.5. The molecular formula is C42H64O15. The molecule has 4 saturated carbocycles. The molecule has 2 aliphatic heterocycles. The van der Waals surface area contributed by atoms with Gasteiger partial charge in [0.15, 0.2) is 24.8 Å². The van der Waals surface area contributed by atoms with E-state index in [0.717, 1.165) is 38.5 Å². The number of ether oxygens (including phenoxy) is 4. The summed E-state index contributed by atoms with van der Waals surface area (Å²) >= 11 is 0. The number of aliphatic hydroxyl groups is 5. The minimum absolute atomic E-state index is 0.0477. The van der Waals surface area contributed by atoms with E-state index in [1.54, 1.807) is 0 Å². The summed E-state index contributed by atoms with van der Waals surface area (Å²) in [5.74, 6) is -3.24. The Labute approximate surface area is 333 Å². The molecule has 8 N–H and O–H groups in total. The number of carboxylic acid groups (broad SMARTS) is 3. The highest BCUT2D eigenvalue weighted by Crippen LogP contribution is 2.76. The summed E-state index contributed by atoms with van der Waals surface area (Å²) in [7, 11) is 0. The lowest BCUT2D eigenvalue weighted by Crippen LogP contribution is -2.66. The van der Waals surface area contributed by atoms with Crippen LogP contribution in [0.3, 0.4) is 0 Å². The number of rotatable bonds is 7. The predicted octanol–water partition coefficient (Wildman–Crippen LogP) is 3.07. The zero-order chi connectivity index (χ0) is 42.0. The Hall–Kier alpha value is -2.21. The Morgan fingerprint density at radius 3 is 1.88 bits per heavy atom. The van der Waals surface area contributed by atoms with Gasteiger partial charge in [-0.3, -0.25) is 4.79 Å². The van der Waals surface area contributed by atoms with Crippen molar-refractivity contribution < 1.29 is 74.2 Å². The first kappa shape index (κ1) is 42.9. The van der Waals surface area contributed by atoms with Crippen molar-refractivity contribution in [2.75, 3.05) is 0 Å². The molecule has 15 nitrogen and oxygen atoms in total. The van der Waals surface area contributed by atoms with Gasteiger partial charge in [0.2, 0.25) is 0 Å². The van der Waals surface area contributed by atoms with Gasteiger partial charge >= 0.3 is 17.9 Å². The summed E-state index contributed by atoms with van der Waals surface area (Å²) in [6.45, 7) is 15.8. The zero-order valence-corrected chi connectivity index (χ0v) is 34.2. The lowest BCUT2D eigenvalue weighted by molar-refractivity contribution is -0.368. The van der Waals surface area contributed by atoms with Crippen molar-refractivity contribution in [3.05, 3.63) is 11.6 Å². The first-order valence-corrected chi connectivity index (χ1v) is 20.8. The van der Waals surface area contributed by atoms with Crippen molar-refractivity contribution >= 4 is 17.9 Å². The van der Waals surface area contributed by atoms with Crippen LogP contribution in [0.25, 0.3) is 0 Å². The van der Waals surface area contributed by atoms with Crippen molar-refractivity contribution in [3.63, 3.8) is 0 Å². The van der Waals surface area contributed by atoms with Crippen LogP contribution in [-0.4, -0.2) is 126 Å². The quantitative estimate of drug-likeness (QED) is 0.136. The van der Waals surface area contributed by atoms with Crippen LogP contribution in [0.1, 0.15) is 113 Å². The van der Waals surface area contributed by atoms with Crippen LogP contribution >= 0.6 is 0 Å². The monoisotopic (exact) mass is 808 g/mol.